The van der Waals surface area contributed by atoms with Crippen LogP contribution < -0.4 is 10.1 Å². The summed E-state index contributed by atoms with van der Waals surface area (Å²) in [6.07, 6.45) is 0.738. The Kier molecular flexibility index (Phi) is 5.09. The van der Waals surface area contributed by atoms with Crippen LogP contribution in [0.25, 0.3) is 0 Å². The van der Waals surface area contributed by atoms with Gasteiger partial charge in [-0.05, 0) is 18.2 Å². The van der Waals surface area contributed by atoms with Gasteiger partial charge in [-0.1, -0.05) is 0 Å². The molecule has 1 aromatic rings. The SMILES string of the molecule is COc1cc(C=O)ccc1NC(=O)CN1CCOCC1. The first kappa shape index (κ1) is 14.5. The number of aldehydes is 1. The molecule has 0 atom stereocenters. The van der Waals surface area contributed by atoms with Crippen molar-refractivity contribution >= 4 is 17.9 Å². The minimum atomic E-state index is -0.107. The summed E-state index contributed by atoms with van der Waals surface area (Å²) >= 11 is 0. The number of morpholine rings is 1. The number of nitrogens with one attached hydrogen (secondary N) is 1. The first-order valence-electron chi connectivity index (χ1n) is 6.46. The molecule has 1 aromatic carbocycles. The lowest BCUT2D eigenvalue weighted by molar-refractivity contribution is -0.118. The first-order chi connectivity index (χ1) is 9.72. The Bertz CT molecular complexity index is 484. The van der Waals surface area contributed by atoms with Gasteiger partial charge in [0, 0.05) is 18.7 Å². The van der Waals surface area contributed by atoms with E-state index >= 15 is 0 Å². The molecule has 0 unspecified atom stereocenters. The predicted molar refractivity (Wildman–Crippen MR) is 74.3 cm³/mol. The van der Waals surface area contributed by atoms with Gasteiger partial charge in [-0.3, -0.25) is 14.5 Å². The molecule has 1 N–H and O–H groups in total. The Morgan fingerprint density at radius 1 is 1.45 bits per heavy atom. The number of carbonyl (C=O) groups is 2. The molecular formula is C14H18N2O4. The zero-order valence-corrected chi connectivity index (χ0v) is 11.4. The van der Waals surface area contributed by atoms with Crippen molar-refractivity contribution < 1.29 is 19.1 Å². The maximum absolute atomic E-state index is 12.0. The van der Waals surface area contributed by atoms with Crippen LogP contribution in [0.3, 0.4) is 0 Å². The fraction of sp³-hybridized carbons (Fsp3) is 0.429. The lowest BCUT2D eigenvalue weighted by Crippen LogP contribution is -2.41. The highest BCUT2D eigenvalue weighted by Crippen LogP contribution is 2.24. The molecule has 0 radical (unpaired) electrons. The van der Waals surface area contributed by atoms with E-state index in [2.05, 4.69) is 5.32 Å². The van der Waals surface area contributed by atoms with Crippen molar-refractivity contribution in [2.45, 2.75) is 0 Å². The standard InChI is InChI=1S/C14H18N2O4/c1-19-13-8-11(10-17)2-3-12(13)15-14(18)9-16-4-6-20-7-5-16/h2-3,8,10H,4-7,9H2,1H3,(H,15,18). The van der Waals surface area contributed by atoms with Crippen LogP contribution in [0.5, 0.6) is 5.75 Å². The quantitative estimate of drug-likeness (QED) is 0.806. The monoisotopic (exact) mass is 278 g/mol. The number of nitrogens with zero attached hydrogens (tertiary/aromatic N) is 1. The van der Waals surface area contributed by atoms with E-state index in [0.29, 0.717) is 36.8 Å². The van der Waals surface area contributed by atoms with Crippen molar-refractivity contribution in [3.8, 4) is 5.75 Å². The van der Waals surface area contributed by atoms with Gasteiger partial charge in [0.2, 0.25) is 5.91 Å². The van der Waals surface area contributed by atoms with E-state index < -0.39 is 0 Å². The lowest BCUT2D eigenvalue weighted by atomic mass is 10.2. The Hall–Kier alpha value is -1.92. The molecule has 6 nitrogen and oxygen atoms in total. The first-order valence-corrected chi connectivity index (χ1v) is 6.46. The van der Waals surface area contributed by atoms with E-state index in [1.165, 1.54) is 7.11 Å². The van der Waals surface area contributed by atoms with E-state index in [-0.39, 0.29) is 5.91 Å². The van der Waals surface area contributed by atoms with Gasteiger partial charge in [-0.25, -0.2) is 0 Å². The summed E-state index contributed by atoms with van der Waals surface area (Å²) in [4.78, 5) is 24.7. The van der Waals surface area contributed by atoms with Crippen LogP contribution in [0.2, 0.25) is 0 Å². The second-order valence-corrected chi connectivity index (χ2v) is 4.51. The van der Waals surface area contributed by atoms with Gasteiger partial charge >= 0.3 is 0 Å². The van der Waals surface area contributed by atoms with Gasteiger partial charge in [0.15, 0.2) is 0 Å². The lowest BCUT2D eigenvalue weighted by Gasteiger charge is -2.25. The summed E-state index contributed by atoms with van der Waals surface area (Å²) in [5.41, 5.74) is 1.07. The highest BCUT2D eigenvalue weighted by Gasteiger charge is 2.15. The van der Waals surface area contributed by atoms with Crippen molar-refractivity contribution in [3.05, 3.63) is 23.8 Å². The number of carbonyl (C=O) groups excluding carboxylic acids is 2. The largest absolute Gasteiger partial charge is 0.495 e. The van der Waals surface area contributed by atoms with Gasteiger partial charge in [-0.15, -0.1) is 0 Å². The van der Waals surface area contributed by atoms with Gasteiger partial charge in [-0.2, -0.15) is 0 Å². The minimum Gasteiger partial charge on any atom is -0.495 e. The summed E-state index contributed by atoms with van der Waals surface area (Å²) in [6.45, 7) is 3.15. The average molecular weight is 278 g/mol. The van der Waals surface area contributed by atoms with E-state index in [0.717, 1.165) is 19.4 Å². The molecular weight excluding hydrogens is 260 g/mol. The van der Waals surface area contributed by atoms with Crippen molar-refractivity contribution in [3.63, 3.8) is 0 Å². The number of ether oxygens (including phenoxy) is 2. The molecule has 2 rings (SSSR count). The molecule has 1 aliphatic rings. The number of methoxy groups -OCH3 is 1. The van der Waals surface area contributed by atoms with Crippen molar-refractivity contribution in [2.24, 2.45) is 0 Å². The van der Waals surface area contributed by atoms with E-state index in [4.69, 9.17) is 9.47 Å². The molecule has 1 aliphatic heterocycles. The van der Waals surface area contributed by atoms with Gasteiger partial charge in [0.25, 0.3) is 0 Å². The molecule has 1 heterocycles. The highest BCUT2D eigenvalue weighted by molar-refractivity contribution is 5.94. The van der Waals surface area contributed by atoms with Crippen molar-refractivity contribution in [2.75, 3.05) is 45.3 Å². The topological polar surface area (TPSA) is 67.9 Å². The fourth-order valence-corrected chi connectivity index (χ4v) is 2.04. The van der Waals surface area contributed by atoms with E-state index in [9.17, 15) is 9.59 Å². The smallest absolute Gasteiger partial charge is 0.238 e. The second kappa shape index (κ2) is 7.02. The van der Waals surface area contributed by atoms with Crippen molar-refractivity contribution in [1.82, 2.24) is 4.90 Å². The summed E-state index contributed by atoms with van der Waals surface area (Å²) in [5, 5.41) is 2.80. The Morgan fingerprint density at radius 3 is 2.85 bits per heavy atom. The maximum atomic E-state index is 12.0. The second-order valence-electron chi connectivity index (χ2n) is 4.51. The van der Waals surface area contributed by atoms with Crippen LogP contribution in [-0.4, -0.2) is 57.1 Å². The number of rotatable bonds is 5. The van der Waals surface area contributed by atoms with Crippen molar-refractivity contribution in [1.29, 1.82) is 0 Å². The number of anilines is 1. The molecule has 1 fully saturated rings. The zero-order chi connectivity index (χ0) is 14.4. The summed E-state index contributed by atoms with van der Waals surface area (Å²) in [6, 6.07) is 4.90. The molecule has 0 spiro atoms. The molecule has 1 amide bonds. The van der Waals surface area contributed by atoms with E-state index in [1.807, 2.05) is 4.90 Å². The summed E-state index contributed by atoms with van der Waals surface area (Å²) in [5.74, 6) is 0.369. The van der Waals surface area contributed by atoms with Crippen LogP contribution in [-0.2, 0) is 9.53 Å². The molecule has 0 saturated carbocycles. The molecule has 6 heteroatoms. The van der Waals surface area contributed by atoms with Crippen LogP contribution in [0.4, 0.5) is 5.69 Å². The molecule has 0 aliphatic carbocycles. The number of hydrogen-bond donors (Lipinski definition) is 1. The maximum Gasteiger partial charge on any atom is 0.238 e. The molecule has 0 bridgehead atoms. The Labute approximate surface area is 117 Å². The number of benzene rings is 1. The number of hydrogen-bond acceptors (Lipinski definition) is 5. The van der Waals surface area contributed by atoms with Crippen LogP contribution >= 0.6 is 0 Å². The van der Waals surface area contributed by atoms with Crippen LogP contribution in [0.15, 0.2) is 18.2 Å². The number of amides is 1. The third kappa shape index (κ3) is 3.79. The Morgan fingerprint density at radius 2 is 2.20 bits per heavy atom. The van der Waals surface area contributed by atoms with Gasteiger partial charge in [0.1, 0.15) is 12.0 Å². The predicted octanol–water partition coefficient (Wildman–Crippen LogP) is 0.778. The Balaban J connectivity index is 1.97. The van der Waals surface area contributed by atoms with Crippen LogP contribution in [0.1, 0.15) is 10.4 Å². The molecule has 1 saturated heterocycles. The summed E-state index contributed by atoms with van der Waals surface area (Å²) < 4.78 is 10.4. The van der Waals surface area contributed by atoms with E-state index in [1.54, 1.807) is 18.2 Å². The highest BCUT2D eigenvalue weighted by atomic mass is 16.5. The third-order valence-electron chi connectivity index (χ3n) is 3.11. The fourth-order valence-electron chi connectivity index (χ4n) is 2.04. The zero-order valence-electron chi connectivity index (χ0n) is 11.4. The molecule has 108 valence electrons. The molecule has 0 aromatic heterocycles. The van der Waals surface area contributed by atoms with Gasteiger partial charge in [0.05, 0.1) is 32.6 Å². The van der Waals surface area contributed by atoms with Gasteiger partial charge < -0.3 is 14.8 Å². The minimum absolute atomic E-state index is 0.107. The van der Waals surface area contributed by atoms with Crippen LogP contribution in [0, 0.1) is 0 Å². The average Bonchev–Trinajstić information content (AvgIpc) is 2.48. The molecule has 20 heavy (non-hydrogen) atoms. The third-order valence-corrected chi connectivity index (χ3v) is 3.11. The normalized spacial score (nSPS) is 15.7. The summed E-state index contributed by atoms with van der Waals surface area (Å²) in [7, 11) is 1.50.